The van der Waals surface area contributed by atoms with Crippen LogP contribution >= 0.6 is 0 Å². The van der Waals surface area contributed by atoms with E-state index in [9.17, 15) is 13.2 Å². The molecule has 1 amide bonds. The van der Waals surface area contributed by atoms with Gasteiger partial charge in [0.15, 0.2) is 9.84 Å². The molecule has 1 aromatic rings. The molecule has 0 heterocycles. The Bertz CT molecular complexity index is 553. The summed E-state index contributed by atoms with van der Waals surface area (Å²) in [5, 5.41) is 2.63. The molecule has 1 aromatic carbocycles. The lowest BCUT2D eigenvalue weighted by Crippen LogP contribution is -2.44. The van der Waals surface area contributed by atoms with Crippen molar-refractivity contribution in [3.63, 3.8) is 0 Å². The van der Waals surface area contributed by atoms with Gasteiger partial charge in [-0.25, -0.2) is 8.42 Å². The Kier molecular flexibility index (Phi) is 5.30. The first-order valence-electron chi connectivity index (χ1n) is 6.40. The molecule has 0 aromatic heterocycles. The van der Waals surface area contributed by atoms with Crippen LogP contribution in [-0.2, 0) is 14.6 Å². The summed E-state index contributed by atoms with van der Waals surface area (Å²) in [5.74, 6) is -0.252. The van der Waals surface area contributed by atoms with E-state index in [-0.39, 0.29) is 18.9 Å². The molecule has 0 aliphatic rings. The molecule has 0 fully saturated rings. The van der Waals surface area contributed by atoms with Gasteiger partial charge in [-0.3, -0.25) is 4.79 Å². The summed E-state index contributed by atoms with van der Waals surface area (Å²) in [4.78, 5) is 11.8. The maximum atomic E-state index is 11.8. The monoisotopic (exact) mass is 298 g/mol. The summed E-state index contributed by atoms with van der Waals surface area (Å²) in [7, 11) is -3.22. The lowest BCUT2D eigenvalue weighted by molar-refractivity contribution is -0.121. The highest BCUT2D eigenvalue weighted by atomic mass is 32.2. The number of carbonyl (C=O) groups excluding carboxylic acids is 1. The molecule has 1 rings (SSSR count). The van der Waals surface area contributed by atoms with Gasteiger partial charge in [0.2, 0.25) is 5.91 Å². The van der Waals surface area contributed by atoms with E-state index >= 15 is 0 Å². The van der Waals surface area contributed by atoms with Crippen LogP contribution in [0.4, 0.5) is 0 Å². The Morgan fingerprint density at radius 1 is 1.30 bits per heavy atom. The molecule has 6 heteroatoms. The van der Waals surface area contributed by atoms with Crippen LogP contribution in [0.5, 0.6) is 0 Å². The molecule has 1 unspecified atom stereocenters. The van der Waals surface area contributed by atoms with Crippen LogP contribution < -0.4 is 11.1 Å². The molecular weight excluding hydrogens is 276 g/mol. The number of nitrogens with one attached hydrogen (secondary N) is 1. The summed E-state index contributed by atoms with van der Waals surface area (Å²) in [6.07, 6.45) is 1.29. The first-order chi connectivity index (χ1) is 9.13. The fourth-order valence-corrected chi connectivity index (χ4v) is 1.87. The SMILES string of the molecule is CC(C)(CNC(=O)CC(N)c1ccccc1)S(C)(=O)=O. The Balaban J connectivity index is 2.53. The van der Waals surface area contributed by atoms with E-state index in [0.717, 1.165) is 11.8 Å². The number of benzene rings is 1. The number of carbonyl (C=O) groups is 1. The Morgan fingerprint density at radius 3 is 2.35 bits per heavy atom. The van der Waals surface area contributed by atoms with Crippen molar-refractivity contribution in [3.05, 3.63) is 35.9 Å². The third kappa shape index (κ3) is 4.61. The van der Waals surface area contributed by atoms with Gasteiger partial charge in [0, 0.05) is 25.3 Å². The molecule has 0 saturated carbocycles. The predicted molar refractivity (Wildman–Crippen MR) is 79.9 cm³/mol. The summed E-state index contributed by atoms with van der Waals surface area (Å²) in [6.45, 7) is 3.24. The number of hydrogen-bond donors (Lipinski definition) is 2. The van der Waals surface area contributed by atoms with Crippen LogP contribution in [0.25, 0.3) is 0 Å². The van der Waals surface area contributed by atoms with Crippen molar-refractivity contribution in [1.29, 1.82) is 0 Å². The average Bonchev–Trinajstić information content (AvgIpc) is 2.36. The topological polar surface area (TPSA) is 89.3 Å². The van der Waals surface area contributed by atoms with Gasteiger partial charge in [-0.1, -0.05) is 30.3 Å². The van der Waals surface area contributed by atoms with E-state index in [4.69, 9.17) is 5.73 Å². The lowest BCUT2D eigenvalue weighted by Gasteiger charge is -2.23. The molecule has 1 atom stereocenters. The lowest BCUT2D eigenvalue weighted by atomic mass is 10.0. The third-order valence-corrected chi connectivity index (χ3v) is 5.50. The Hall–Kier alpha value is -1.40. The van der Waals surface area contributed by atoms with Gasteiger partial charge in [0.05, 0.1) is 4.75 Å². The van der Waals surface area contributed by atoms with Crippen molar-refractivity contribution in [1.82, 2.24) is 5.32 Å². The molecule has 0 saturated heterocycles. The minimum absolute atomic E-state index is 0.0756. The van der Waals surface area contributed by atoms with Crippen molar-refractivity contribution in [3.8, 4) is 0 Å². The zero-order valence-corrected chi connectivity index (χ0v) is 12.9. The fraction of sp³-hybridized carbons (Fsp3) is 0.500. The van der Waals surface area contributed by atoms with Crippen molar-refractivity contribution in [2.45, 2.75) is 31.1 Å². The van der Waals surface area contributed by atoms with Crippen LogP contribution in [0, 0.1) is 0 Å². The summed E-state index contributed by atoms with van der Waals surface area (Å²) < 4.78 is 22.1. The quantitative estimate of drug-likeness (QED) is 0.820. The van der Waals surface area contributed by atoms with Crippen molar-refractivity contribution >= 4 is 15.7 Å². The number of rotatable bonds is 6. The first-order valence-corrected chi connectivity index (χ1v) is 8.29. The number of amides is 1. The number of nitrogens with two attached hydrogens (primary N) is 1. The van der Waals surface area contributed by atoms with E-state index in [0.29, 0.717) is 0 Å². The second-order valence-corrected chi connectivity index (χ2v) is 8.18. The minimum atomic E-state index is -3.22. The van der Waals surface area contributed by atoms with E-state index in [1.807, 2.05) is 30.3 Å². The van der Waals surface area contributed by atoms with E-state index in [1.54, 1.807) is 13.8 Å². The molecule has 0 spiro atoms. The Labute approximate surface area is 120 Å². The molecule has 0 radical (unpaired) electrons. The molecule has 5 nitrogen and oxygen atoms in total. The van der Waals surface area contributed by atoms with E-state index in [2.05, 4.69) is 5.32 Å². The maximum absolute atomic E-state index is 11.8. The van der Waals surface area contributed by atoms with E-state index in [1.165, 1.54) is 0 Å². The zero-order chi connectivity index (χ0) is 15.4. The summed E-state index contributed by atoms with van der Waals surface area (Å²) in [5.41, 5.74) is 6.82. The molecule has 0 bridgehead atoms. The van der Waals surface area contributed by atoms with Gasteiger partial charge in [-0.2, -0.15) is 0 Å². The van der Waals surface area contributed by atoms with Gasteiger partial charge in [0.25, 0.3) is 0 Å². The van der Waals surface area contributed by atoms with Gasteiger partial charge in [-0.05, 0) is 19.4 Å². The van der Waals surface area contributed by atoms with Gasteiger partial charge < -0.3 is 11.1 Å². The molecule has 0 aliphatic heterocycles. The van der Waals surface area contributed by atoms with Crippen LogP contribution in [-0.4, -0.2) is 31.9 Å². The largest absolute Gasteiger partial charge is 0.354 e. The summed E-state index contributed by atoms with van der Waals surface area (Å²) in [6, 6.07) is 8.93. The highest BCUT2D eigenvalue weighted by Crippen LogP contribution is 2.15. The molecule has 0 aliphatic carbocycles. The van der Waals surface area contributed by atoms with Gasteiger partial charge in [0.1, 0.15) is 0 Å². The van der Waals surface area contributed by atoms with Crippen molar-refractivity contribution < 1.29 is 13.2 Å². The molecular formula is C14H22N2O3S. The smallest absolute Gasteiger partial charge is 0.221 e. The minimum Gasteiger partial charge on any atom is -0.354 e. The highest BCUT2D eigenvalue weighted by Gasteiger charge is 2.30. The number of hydrogen-bond acceptors (Lipinski definition) is 4. The average molecular weight is 298 g/mol. The molecule has 3 N–H and O–H groups in total. The van der Waals surface area contributed by atoms with Gasteiger partial charge >= 0.3 is 0 Å². The maximum Gasteiger partial charge on any atom is 0.221 e. The Morgan fingerprint density at radius 2 is 1.85 bits per heavy atom. The van der Waals surface area contributed by atoms with Crippen LogP contribution in [0.1, 0.15) is 31.9 Å². The van der Waals surface area contributed by atoms with Crippen molar-refractivity contribution in [2.75, 3.05) is 12.8 Å². The highest BCUT2D eigenvalue weighted by molar-refractivity contribution is 7.92. The predicted octanol–water partition coefficient (Wildman–Crippen LogP) is 1.02. The molecule has 112 valence electrons. The second kappa shape index (κ2) is 6.37. The first kappa shape index (κ1) is 16.7. The summed E-state index contributed by atoms with van der Waals surface area (Å²) >= 11 is 0. The molecule has 20 heavy (non-hydrogen) atoms. The van der Waals surface area contributed by atoms with Crippen LogP contribution in [0.3, 0.4) is 0 Å². The normalized spacial score (nSPS) is 13.8. The third-order valence-electron chi connectivity index (χ3n) is 3.35. The fourth-order valence-electron chi connectivity index (χ4n) is 1.53. The standard InChI is InChI=1S/C14H22N2O3S/c1-14(2,20(3,18)19)10-16-13(17)9-12(15)11-7-5-4-6-8-11/h4-8,12H,9-10,15H2,1-3H3,(H,16,17). The second-order valence-electron chi connectivity index (χ2n) is 5.53. The van der Waals surface area contributed by atoms with Crippen LogP contribution in [0.2, 0.25) is 0 Å². The van der Waals surface area contributed by atoms with Crippen molar-refractivity contribution in [2.24, 2.45) is 5.73 Å². The van der Waals surface area contributed by atoms with Crippen LogP contribution in [0.15, 0.2) is 30.3 Å². The zero-order valence-electron chi connectivity index (χ0n) is 12.1. The van der Waals surface area contributed by atoms with E-state index < -0.39 is 20.6 Å². The van der Waals surface area contributed by atoms with Gasteiger partial charge in [-0.15, -0.1) is 0 Å². The number of sulfone groups is 1.